The van der Waals surface area contributed by atoms with Gasteiger partial charge in [0.2, 0.25) is 6.10 Å². The van der Waals surface area contributed by atoms with Crippen LogP contribution >= 0.6 is 0 Å². The van der Waals surface area contributed by atoms with Crippen molar-refractivity contribution >= 4 is 0 Å². The molecule has 3 atom stereocenters. The third-order valence-electron chi connectivity index (χ3n) is 2.71. The molecule has 2 aliphatic heterocycles. The predicted octanol–water partition coefficient (Wildman–Crippen LogP) is 1.49. The molecule has 0 saturated carbocycles. The van der Waals surface area contributed by atoms with E-state index in [4.69, 9.17) is 18.9 Å². The summed E-state index contributed by atoms with van der Waals surface area (Å²) in [5.41, 5.74) is 0. The minimum atomic E-state index is -0.775. The van der Waals surface area contributed by atoms with Crippen molar-refractivity contribution in [1.29, 1.82) is 0 Å². The largest absolute Gasteiger partial charge is 0.498 e. The first-order chi connectivity index (χ1) is 7.83. The molecule has 0 unspecified atom stereocenters. The lowest BCUT2D eigenvalue weighted by Gasteiger charge is -2.21. The van der Waals surface area contributed by atoms with E-state index < -0.39 is 23.8 Å². The van der Waals surface area contributed by atoms with Gasteiger partial charge in [0.15, 0.2) is 11.6 Å². The standard InChI is InChI=1S/C11H17NO5/c1-10(2)14-6-8(16-10)9-7(5-12-13)15-11(3,4)17-9/h7-9H,6H2,1-4H3/t7-,8-,9+/m1/s1. The first-order valence-corrected chi connectivity index (χ1v) is 5.58. The predicted molar refractivity (Wildman–Crippen MR) is 59.3 cm³/mol. The summed E-state index contributed by atoms with van der Waals surface area (Å²) >= 11 is 0. The van der Waals surface area contributed by atoms with Gasteiger partial charge in [0.25, 0.3) is 0 Å². The van der Waals surface area contributed by atoms with Crippen LogP contribution in [0.4, 0.5) is 0 Å². The van der Waals surface area contributed by atoms with Gasteiger partial charge < -0.3 is 24.2 Å². The van der Waals surface area contributed by atoms with E-state index in [-0.39, 0.29) is 6.10 Å². The first kappa shape index (κ1) is 12.6. The molecule has 2 heterocycles. The Morgan fingerprint density at radius 1 is 1.12 bits per heavy atom. The molecule has 0 N–H and O–H groups in total. The van der Waals surface area contributed by atoms with Crippen LogP contribution in [0.1, 0.15) is 27.7 Å². The molecule has 6 nitrogen and oxygen atoms in total. The molecule has 6 heteroatoms. The first-order valence-electron chi connectivity index (χ1n) is 5.58. The van der Waals surface area contributed by atoms with E-state index in [0.717, 1.165) is 0 Å². The third kappa shape index (κ3) is 2.69. The molecule has 0 aromatic carbocycles. The summed E-state index contributed by atoms with van der Waals surface area (Å²) in [6.07, 6.45) is -1.33. The van der Waals surface area contributed by atoms with E-state index in [1.807, 2.05) is 13.8 Å². The van der Waals surface area contributed by atoms with Gasteiger partial charge in [0, 0.05) is 5.01 Å². The molecule has 0 aromatic heterocycles. The lowest BCUT2D eigenvalue weighted by atomic mass is 10.1. The van der Waals surface area contributed by atoms with Crippen LogP contribution in [-0.2, 0) is 18.9 Å². The molecule has 17 heavy (non-hydrogen) atoms. The molecule has 0 spiro atoms. The molecule has 0 amide bonds. The zero-order chi connectivity index (χ0) is 12.7. The van der Waals surface area contributed by atoms with Crippen LogP contribution in [0.5, 0.6) is 0 Å². The van der Waals surface area contributed by atoms with Crippen LogP contribution in [0.2, 0.25) is 0 Å². The minimum absolute atomic E-state index is 0.286. The molecular weight excluding hydrogens is 226 g/mol. The average molecular weight is 243 g/mol. The van der Waals surface area contributed by atoms with E-state index in [9.17, 15) is 5.21 Å². The van der Waals surface area contributed by atoms with E-state index >= 15 is 0 Å². The van der Waals surface area contributed by atoms with E-state index in [0.29, 0.717) is 6.61 Å². The average Bonchev–Trinajstić information content (AvgIpc) is 2.67. The van der Waals surface area contributed by atoms with E-state index in [1.165, 1.54) is 0 Å². The second kappa shape index (κ2) is 4.10. The summed E-state index contributed by atoms with van der Waals surface area (Å²) < 4.78 is 22.4. The normalized spacial score (nSPS) is 38.7. The Hall–Kier alpha value is -0.870. The van der Waals surface area contributed by atoms with Gasteiger partial charge in [-0.05, 0) is 27.7 Å². The monoisotopic (exact) mass is 243 g/mol. The fraction of sp³-hybridized carbons (Fsp3) is 0.909. The van der Waals surface area contributed by atoms with Crippen molar-refractivity contribution in [2.75, 3.05) is 6.61 Å². The number of hydrogen-bond acceptors (Lipinski definition) is 5. The lowest BCUT2D eigenvalue weighted by Crippen LogP contribution is -2.37. The van der Waals surface area contributed by atoms with Crippen LogP contribution in [-0.4, -0.2) is 36.5 Å². The van der Waals surface area contributed by atoms with Crippen molar-refractivity contribution in [3.8, 4) is 6.07 Å². The van der Waals surface area contributed by atoms with Gasteiger partial charge in [-0.1, -0.05) is 0 Å². The van der Waals surface area contributed by atoms with Crippen molar-refractivity contribution in [3.05, 3.63) is 10.2 Å². The van der Waals surface area contributed by atoms with E-state index in [2.05, 4.69) is 11.1 Å². The SMILES string of the molecule is CC1(C)O[C@H]([C@H]2COC(C)(C)O2)[C@@H](C#[N+][O-])O1. The maximum Gasteiger partial charge on any atom is 0.333 e. The fourth-order valence-corrected chi connectivity index (χ4v) is 2.09. The summed E-state index contributed by atoms with van der Waals surface area (Å²) in [7, 11) is 0. The van der Waals surface area contributed by atoms with Crippen molar-refractivity contribution < 1.29 is 18.9 Å². The number of hydrogen-bond donors (Lipinski definition) is 0. The summed E-state index contributed by atoms with van der Waals surface area (Å²) in [5, 5.41) is 12.9. The number of ether oxygens (including phenoxy) is 4. The van der Waals surface area contributed by atoms with Crippen LogP contribution in [0.15, 0.2) is 0 Å². The van der Waals surface area contributed by atoms with Crippen molar-refractivity contribution in [2.45, 2.75) is 57.6 Å². The molecule has 0 aromatic rings. The van der Waals surface area contributed by atoms with Gasteiger partial charge >= 0.3 is 6.07 Å². The fourth-order valence-electron chi connectivity index (χ4n) is 2.09. The van der Waals surface area contributed by atoms with Crippen LogP contribution in [0.25, 0.3) is 5.01 Å². The zero-order valence-electron chi connectivity index (χ0n) is 10.4. The van der Waals surface area contributed by atoms with Gasteiger partial charge in [0.1, 0.15) is 12.2 Å². The van der Waals surface area contributed by atoms with Gasteiger partial charge in [0.05, 0.1) is 6.61 Å². The van der Waals surface area contributed by atoms with E-state index in [1.54, 1.807) is 13.8 Å². The third-order valence-corrected chi connectivity index (χ3v) is 2.71. The van der Waals surface area contributed by atoms with Crippen molar-refractivity contribution in [1.82, 2.24) is 0 Å². The molecule has 0 bridgehead atoms. The van der Waals surface area contributed by atoms with Crippen LogP contribution in [0.3, 0.4) is 0 Å². The Bertz CT molecular complexity index is 357. The Labute approximate surface area is 100 Å². The second-order valence-electron chi connectivity index (χ2n) is 5.11. The quantitative estimate of drug-likeness (QED) is 0.653. The van der Waals surface area contributed by atoms with Crippen molar-refractivity contribution in [2.24, 2.45) is 0 Å². The maximum atomic E-state index is 10.3. The highest BCUT2D eigenvalue weighted by molar-refractivity contribution is 5.06. The molecule has 0 radical (unpaired) electrons. The number of nitrogens with zero attached hydrogens (tertiary/aromatic N) is 1. The molecule has 2 aliphatic rings. The highest BCUT2D eigenvalue weighted by Crippen LogP contribution is 2.35. The smallest absolute Gasteiger partial charge is 0.333 e. The van der Waals surface area contributed by atoms with Crippen LogP contribution < -0.4 is 0 Å². The van der Waals surface area contributed by atoms with Gasteiger partial charge in [-0.2, -0.15) is 0 Å². The van der Waals surface area contributed by atoms with Crippen LogP contribution in [0, 0.1) is 11.3 Å². The Kier molecular flexibility index (Phi) is 3.04. The zero-order valence-corrected chi connectivity index (χ0v) is 10.4. The molecule has 0 aliphatic carbocycles. The Morgan fingerprint density at radius 3 is 2.35 bits per heavy atom. The molecule has 2 rings (SSSR count). The maximum absolute atomic E-state index is 10.3. The Morgan fingerprint density at radius 2 is 1.82 bits per heavy atom. The molecular formula is C11H17NO5. The number of rotatable bonds is 1. The molecule has 96 valence electrons. The summed E-state index contributed by atoms with van der Waals surface area (Å²) in [6.45, 7) is 7.59. The highest BCUT2D eigenvalue weighted by atomic mass is 16.8. The Balaban J connectivity index is 2.11. The molecule has 2 fully saturated rings. The molecule has 2 saturated heterocycles. The summed E-state index contributed by atoms with van der Waals surface area (Å²) in [4.78, 5) is 0. The lowest BCUT2D eigenvalue weighted by molar-refractivity contribution is -0.174. The van der Waals surface area contributed by atoms with Crippen molar-refractivity contribution in [3.63, 3.8) is 0 Å². The van der Waals surface area contributed by atoms with Gasteiger partial charge in [-0.15, -0.1) is 0 Å². The van der Waals surface area contributed by atoms with Gasteiger partial charge in [-0.25, -0.2) is 0 Å². The topological polar surface area (TPSA) is 64.3 Å². The minimum Gasteiger partial charge on any atom is -0.498 e. The summed E-state index contributed by atoms with van der Waals surface area (Å²) in [5.74, 6) is -1.41. The van der Waals surface area contributed by atoms with Gasteiger partial charge in [-0.3, -0.25) is 0 Å². The summed E-state index contributed by atoms with van der Waals surface area (Å²) in [6, 6.07) is 2.34. The highest BCUT2D eigenvalue weighted by Gasteiger charge is 2.51. The second-order valence-corrected chi connectivity index (χ2v) is 5.11.